The van der Waals surface area contributed by atoms with Crippen LogP contribution in [0, 0.1) is 4.91 Å². The van der Waals surface area contributed by atoms with E-state index in [2.05, 4.69) is 22.8 Å². The molecule has 0 spiro atoms. The Morgan fingerprint density at radius 1 is 1.39 bits per heavy atom. The summed E-state index contributed by atoms with van der Waals surface area (Å²) >= 11 is 4.09. The molecule has 0 unspecified atom stereocenters. The molecule has 6 heteroatoms. The molecular weight excluding hydrogens is 252 g/mol. The Hall–Kier alpha value is -1.82. The van der Waals surface area contributed by atoms with Crippen molar-refractivity contribution in [1.29, 1.82) is 0 Å². The van der Waals surface area contributed by atoms with Gasteiger partial charge in [0.1, 0.15) is 11.4 Å². The first kappa shape index (κ1) is 12.6. The van der Waals surface area contributed by atoms with Crippen molar-refractivity contribution in [1.82, 2.24) is 4.98 Å². The molecular formula is C12H12N2O3S. The summed E-state index contributed by atoms with van der Waals surface area (Å²) in [7, 11) is 0. The molecule has 0 aliphatic rings. The molecule has 1 aromatic heterocycles. The number of aromatic amines is 1. The Morgan fingerprint density at radius 3 is 2.89 bits per heavy atom. The summed E-state index contributed by atoms with van der Waals surface area (Å²) < 4.78 is 5.49. The van der Waals surface area contributed by atoms with Crippen LogP contribution in [0.15, 0.2) is 23.4 Å². The fraction of sp³-hybridized carbons (Fsp3) is 0.250. The number of nitrogens with zero attached hydrogens (tertiary/aromatic N) is 1. The van der Waals surface area contributed by atoms with Crippen molar-refractivity contribution in [2.75, 3.05) is 12.4 Å². The van der Waals surface area contributed by atoms with Gasteiger partial charge in [0.25, 0.3) is 0 Å². The number of hydrogen-bond donors (Lipinski definition) is 2. The van der Waals surface area contributed by atoms with Crippen LogP contribution in [-0.4, -0.2) is 23.6 Å². The number of carbonyl (C=O) groups excluding carboxylic acids is 1. The highest BCUT2D eigenvalue weighted by molar-refractivity contribution is 7.80. The second-order valence-electron chi connectivity index (χ2n) is 3.77. The van der Waals surface area contributed by atoms with Crippen molar-refractivity contribution in [3.63, 3.8) is 0 Å². The third kappa shape index (κ3) is 2.53. The highest BCUT2D eigenvalue weighted by Crippen LogP contribution is 2.31. The molecule has 0 fully saturated rings. The zero-order chi connectivity index (χ0) is 13.0. The van der Waals surface area contributed by atoms with Crippen molar-refractivity contribution in [3.05, 3.63) is 28.8 Å². The van der Waals surface area contributed by atoms with E-state index >= 15 is 0 Å². The number of nitroso groups, excluding NO2 is 1. The third-order valence-electron chi connectivity index (χ3n) is 2.50. The summed E-state index contributed by atoms with van der Waals surface area (Å²) in [4.78, 5) is 24.3. The lowest BCUT2D eigenvalue weighted by molar-refractivity contribution is 0.112. The molecule has 0 amide bonds. The SMILES string of the molecule is O=Cc1cc2cc(OCCCS)cc(N=O)c2[nH]1. The standard InChI is InChI=1S/C12H12N2O3S/c15-7-9-4-8-5-10(17-2-1-3-18)6-11(14-16)12(8)13-9/h4-7,13,18H,1-3H2. The third-order valence-corrected chi connectivity index (χ3v) is 2.81. The van der Waals surface area contributed by atoms with Crippen molar-refractivity contribution in [3.8, 4) is 5.75 Å². The van der Waals surface area contributed by atoms with Gasteiger partial charge in [-0.3, -0.25) is 4.79 Å². The summed E-state index contributed by atoms with van der Waals surface area (Å²) in [5, 5.41) is 3.67. The van der Waals surface area contributed by atoms with Crippen LogP contribution in [0.25, 0.3) is 10.9 Å². The Kier molecular flexibility index (Phi) is 3.99. The molecule has 0 aliphatic carbocycles. The van der Waals surface area contributed by atoms with Crippen LogP contribution in [0.1, 0.15) is 16.9 Å². The molecule has 0 saturated heterocycles. The Bertz CT molecular complexity index is 580. The fourth-order valence-corrected chi connectivity index (χ4v) is 1.82. The highest BCUT2D eigenvalue weighted by Gasteiger charge is 2.09. The lowest BCUT2D eigenvalue weighted by Crippen LogP contribution is -1.97. The van der Waals surface area contributed by atoms with Gasteiger partial charge >= 0.3 is 0 Å². The van der Waals surface area contributed by atoms with Crippen LogP contribution in [0.4, 0.5) is 5.69 Å². The molecule has 0 atom stereocenters. The zero-order valence-corrected chi connectivity index (χ0v) is 10.4. The van der Waals surface area contributed by atoms with Crippen molar-refractivity contribution in [2.45, 2.75) is 6.42 Å². The molecule has 1 N–H and O–H groups in total. The van der Waals surface area contributed by atoms with E-state index in [0.717, 1.165) is 17.6 Å². The van der Waals surface area contributed by atoms with Gasteiger partial charge in [0.15, 0.2) is 6.29 Å². The van der Waals surface area contributed by atoms with Crippen LogP contribution in [0.2, 0.25) is 0 Å². The first-order valence-electron chi connectivity index (χ1n) is 5.47. The number of aromatic nitrogens is 1. The van der Waals surface area contributed by atoms with Gasteiger partial charge in [-0.1, -0.05) is 0 Å². The topological polar surface area (TPSA) is 71.5 Å². The number of nitrogens with one attached hydrogen (secondary N) is 1. The predicted octanol–water partition coefficient (Wildman–Crippen LogP) is 3.08. The van der Waals surface area contributed by atoms with E-state index in [9.17, 15) is 9.70 Å². The number of rotatable bonds is 6. The minimum absolute atomic E-state index is 0.237. The molecule has 0 saturated carbocycles. The number of aldehydes is 1. The number of H-pyrrole nitrogens is 1. The van der Waals surface area contributed by atoms with E-state index in [-0.39, 0.29) is 5.69 Å². The van der Waals surface area contributed by atoms with Gasteiger partial charge in [-0.05, 0) is 29.5 Å². The summed E-state index contributed by atoms with van der Waals surface area (Å²) in [6.07, 6.45) is 1.51. The highest BCUT2D eigenvalue weighted by atomic mass is 32.1. The monoisotopic (exact) mass is 264 g/mol. The molecule has 0 bridgehead atoms. The molecule has 1 heterocycles. The number of ether oxygens (including phenoxy) is 1. The van der Waals surface area contributed by atoms with Crippen molar-refractivity contribution in [2.24, 2.45) is 5.18 Å². The Labute approximate surface area is 109 Å². The van der Waals surface area contributed by atoms with E-state index in [0.29, 0.717) is 29.9 Å². The van der Waals surface area contributed by atoms with Crippen LogP contribution >= 0.6 is 12.6 Å². The van der Waals surface area contributed by atoms with E-state index in [1.807, 2.05) is 0 Å². The van der Waals surface area contributed by atoms with Gasteiger partial charge in [-0.25, -0.2) is 0 Å². The van der Waals surface area contributed by atoms with Crippen molar-refractivity contribution < 1.29 is 9.53 Å². The first-order chi connectivity index (χ1) is 8.78. The molecule has 2 rings (SSSR count). The Balaban J connectivity index is 2.38. The molecule has 0 radical (unpaired) electrons. The first-order valence-corrected chi connectivity index (χ1v) is 6.10. The summed E-state index contributed by atoms with van der Waals surface area (Å²) in [5.41, 5.74) is 1.19. The van der Waals surface area contributed by atoms with Gasteiger partial charge < -0.3 is 9.72 Å². The average molecular weight is 264 g/mol. The number of hydrogen-bond acceptors (Lipinski definition) is 5. The number of carbonyl (C=O) groups is 1. The van der Waals surface area contributed by atoms with Crippen LogP contribution in [-0.2, 0) is 0 Å². The van der Waals surface area contributed by atoms with Crippen molar-refractivity contribution >= 4 is 35.5 Å². The number of benzene rings is 1. The largest absolute Gasteiger partial charge is 0.493 e. The van der Waals surface area contributed by atoms with E-state index < -0.39 is 0 Å². The summed E-state index contributed by atoms with van der Waals surface area (Å²) in [5.74, 6) is 1.30. The minimum atomic E-state index is 0.237. The maximum absolute atomic E-state index is 10.8. The van der Waals surface area contributed by atoms with Crippen LogP contribution in [0.5, 0.6) is 5.75 Å². The normalized spacial score (nSPS) is 10.5. The predicted molar refractivity (Wildman–Crippen MR) is 73.1 cm³/mol. The van der Waals surface area contributed by atoms with Gasteiger partial charge in [-0.2, -0.15) is 12.6 Å². The fourth-order valence-electron chi connectivity index (χ4n) is 1.69. The molecule has 18 heavy (non-hydrogen) atoms. The molecule has 5 nitrogen and oxygen atoms in total. The molecule has 94 valence electrons. The smallest absolute Gasteiger partial charge is 0.166 e. The number of thiol groups is 1. The number of fused-ring (bicyclic) bond motifs is 1. The van der Waals surface area contributed by atoms with E-state index in [1.165, 1.54) is 0 Å². The van der Waals surface area contributed by atoms with Crippen LogP contribution < -0.4 is 4.74 Å². The summed E-state index contributed by atoms with van der Waals surface area (Å²) in [6, 6.07) is 4.98. The van der Waals surface area contributed by atoms with Gasteiger partial charge in [-0.15, -0.1) is 4.91 Å². The maximum atomic E-state index is 10.8. The second kappa shape index (κ2) is 5.68. The van der Waals surface area contributed by atoms with Crippen LogP contribution in [0.3, 0.4) is 0 Å². The van der Waals surface area contributed by atoms with Gasteiger partial charge in [0.05, 0.1) is 17.8 Å². The molecule has 0 aliphatic heterocycles. The lowest BCUT2D eigenvalue weighted by atomic mass is 10.2. The van der Waals surface area contributed by atoms with E-state index in [4.69, 9.17) is 4.74 Å². The minimum Gasteiger partial charge on any atom is -0.493 e. The maximum Gasteiger partial charge on any atom is 0.166 e. The molecule has 2 aromatic rings. The second-order valence-corrected chi connectivity index (χ2v) is 4.21. The molecule has 1 aromatic carbocycles. The van der Waals surface area contributed by atoms with Gasteiger partial charge in [0, 0.05) is 11.5 Å². The average Bonchev–Trinajstić information content (AvgIpc) is 2.81. The van der Waals surface area contributed by atoms with Gasteiger partial charge in [0.2, 0.25) is 0 Å². The quantitative estimate of drug-likeness (QED) is 0.364. The lowest BCUT2D eigenvalue weighted by Gasteiger charge is -2.05. The van der Waals surface area contributed by atoms with E-state index in [1.54, 1.807) is 18.2 Å². The zero-order valence-electron chi connectivity index (χ0n) is 9.55. The Morgan fingerprint density at radius 2 is 2.22 bits per heavy atom. The summed E-state index contributed by atoms with van der Waals surface area (Å²) in [6.45, 7) is 0.526.